The maximum absolute atomic E-state index is 8.24. The number of aliphatic hydroxyl groups excluding tert-OH is 1. The zero-order chi connectivity index (χ0) is 2.71. The van der Waals surface area contributed by atoms with E-state index in [-0.39, 0.29) is 21.1 Å². The van der Waals surface area contributed by atoms with Gasteiger partial charge in [-0.3, -0.25) is 0 Å². The van der Waals surface area contributed by atoms with Gasteiger partial charge in [-0.05, 0) is 0 Å². The van der Waals surface area contributed by atoms with Crippen LogP contribution in [0.3, 0.4) is 0 Å². The van der Waals surface area contributed by atoms with Gasteiger partial charge in [0.2, 0.25) is 0 Å². The fourth-order valence-corrected chi connectivity index (χ4v) is 0. The Morgan fingerprint density at radius 1 is 1.75 bits per heavy atom. The van der Waals surface area contributed by atoms with E-state index < -0.39 is 0 Å². The molecular formula is CHMoO2-. The van der Waals surface area contributed by atoms with Gasteiger partial charge in [0.05, 0.1) is 0 Å². The molecule has 0 saturated carbocycles. The summed E-state index contributed by atoms with van der Waals surface area (Å²) in [5.74, 6) is 0. The standard InChI is InChI=1S/CHO2.Mo/c2-1-3;/h(H,2,3);/q-1;. The first kappa shape index (κ1) is 8.90. The summed E-state index contributed by atoms with van der Waals surface area (Å²) < 4.78 is 0. The van der Waals surface area contributed by atoms with Gasteiger partial charge in [-0.2, -0.15) is 0 Å². The van der Waals surface area contributed by atoms with Crippen molar-refractivity contribution in [2.75, 3.05) is 0 Å². The van der Waals surface area contributed by atoms with E-state index in [1.165, 1.54) is 0 Å². The van der Waals surface area contributed by atoms with Crippen molar-refractivity contribution in [1.29, 1.82) is 0 Å². The van der Waals surface area contributed by atoms with E-state index >= 15 is 0 Å². The molecule has 3 heteroatoms. The van der Waals surface area contributed by atoms with Gasteiger partial charge < -0.3 is 9.90 Å². The van der Waals surface area contributed by atoms with E-state index in [1.807, 2.05) is 0 Å². The van der Waals surface area contributed by atoms with Crippen LogP contribution in [-0.2, 0) is 25.9 Å². The quantitative estimate of drug-likeness (QED) is 0.368. The molecule has 0 saturated heterocycles. The van der Waals surface area contributed by atoms with Crippen LogP contribution in [0.25, 0.3) is 0 Å². The maximum Gasteiger partial charge on any atom is 0 e. The molecule has 0 aliphatic rings. The third-order valence-electron chi connectivity index (χ3n) is 0. The van der Waals surface area contributed by atoms with Crippen molar-refractivity contribution in [2.24, 2.45) is 0 Å². The zero-order valence-electron chi connectivity index (χ0n) is 1.76. The van der Waals surface area contributed by atoms with E-state index in [9.17, 15) is 0 Å². The molecule has 0 bridgehead atoms. The molecule has 0 aliphatic heterocycles. The van der Waals surface area contributed by atoms with E-state index in [2.05, 4.69) is 0 Å². The zero-order valence-corrected chi connectivity index (χ0v) is 3.77. The van der Waals surface area contributed by atoms with Crippen LogP contribution < -0.4 is 0 Å². The predicted octanol–water partition coefficient (Wildman–Crippen LogP) is -0.391. The van der Waals surface area contributed by atoms with Crippen LogP contribution >= 0.6 is 0 Å². The number of rotatable bonds is 0. The third-order valence-corrected chi connectivity index (χ3v) is 0. The molecule has 0 aliphatic carbocycles. The Morgan fingerprint density at radius 3 is 1.75 bits per heavy atom. The summed E-state index contributed by atoms with van der Waals surface area (Å²) in [5.41, 5.74) is 0. The normalized spacial score (nSPS) is 3.00. The Balaban J connectivity index is 0. The second kappa shape index (κ2) is 11.0. The summed E-state index contributed by atoms with van der Waals surface area (Å²) in [5, 5.41) is 6.76. The average Bonchev–Trinajstić information content (AvgIpc) is 0.918. The van der Waals surface area contributed by atoms with Gasteiger partial charge in [0, 0.05) is 21.1 Å². The smallest absolute Gasteiger partial charge is 0 e. The van der Waals surface area contributed by atoms with Gasteiger partial charge in [0.1, 0.15) is 0 Å². The Hall–Kier alpha value is 0.158. The first-order valence-electron chi connectivity index (χ1n) is 0.428. The molecule has 24 valence electrons. The van der Waals surface area contributed by atoms with Gasteiger partial charge in [-0.1, -0.05) is 6.47 Å². The minimum atomic E-state index is 0. The summed E-state index contributed by atoms with van der Waals surface area (Å²) in [6.45, 7) is 0.500. The predicted molar refractivity (Wildman–Crippen MR) is 8.32 cm³/mol. The summed E-state index contributed by atoms with van der Waals surface area (Å²) in [4.78, 5) is 8.24. The number of hydrogen-bond donors (Lipinski definition) is 1. The molecule has 0 spiro atoms. The molecular weight excluding hydrogens is 140 g/mol. The van der Waals surface area contributed by atoms with Crippen LogP contribution in [0.4, 0.5) is 0 Å². The second-order valence-corrected chi connectivity index (χ2v) is 0.0913. The maximum atomic E-state index is 8.24. The van der Waals surface area contributed by atoms with Crippen molar-refractivity contribution < 1.29 is 31.0 Å². The Kier molecular flexibility index (Phi) is 24.4. The largest absolute Gasteiger partial charge is 0.665 e. The molecule has 0 amide bonds. The van der Waals surface area contributed by atoms with Crippen molar-refractivity contribution >= 4 is 6.47 Å². The molecule has 0 aromatic rings. The van der Waals surface area contributed by atoms with Crippen molar-refractivity contribution in [3.63, 3.8) is 0 Å². The first-order valence-corrected chi connectivity index (χ1v) is 0.428. The van der Waals surface area contributed by atoms with Gasteiger partial charge in [-0.25, -0.2) is 0 Å². The molecule has 0 rings (SSSR count). The summed E-state index contributed by atoms with van der Waals surface area (Å²) in [6.07, 6.45) is 0. The topological polar surface area (TPSA) is 37.3 Å². The SMILES string of the molecule is O=[C-]O.[Mo]. The van der Waals surface area contributed by atoms with Gasteiger partial charge >= 0.3 is 0 Å². The Morgan fingerprint density at radius 2 is 1.75 bits per heavy atom. The molecule has 0 unspecified atom stereocenters. The minimum Gasteiger partial charge on any atom is -0.665 e. The monoisotopic (exact) mass is 143 g/mol. The van der Waals surface area contributed by atoms with Crippen LogP contribution in [0.1, 0.15) is 0 Å². The minimum absolute atomic E-state index is 0. The molecule has 0 heterocycles. The fourth-order valence-electron chi connectivity index (χ4n) is 0. The Labute approximate surface area is 38.1 Å². The van der Waals surface area contributed by atoms with E-state index in [1.54, 1.807) is 0 Å². The van der Waals surface area contributed by atoms with Crippen LogP contribution in [0, 0.1) is 0 Å². The summed E-state index contributed by atoms with van der Waals surface area (Å²) >= 11 is 0. The molecule has 0 radical (unpaired) electrons. The van der Waals surface area contributed by atoms with Crippen LogP contribution in [0.2, 0.25) is 0 Å². The molecule has 0 aromatic heterocycles. The van der Waals surface area contributed by atoms with Gasteiger partial charge in [-0.15, -0.1) is 0 Å². The van der Waals surface area contributed by atoms with Gasteiger partial charge in [0.25, 0.3) is 0 Å². The number of hydrogen-bond acceptors (Lipinski definition) is 1. The summed E-state index contributed by atoms with van der Waals surface area (Å²) in [6, 6.07) is 0. The molecule has 0 aromatic carbocycles. The molecule has 4 heavy (non-hydrogen) atoms. The van der Waals surface area contributed by atoms with Crippen LogP contribution in [-0.4, -0.2) is 11.6 Å². The van der Waals surface area contributed by atoms with Crippen molar-refractivity contribution in [3.8, 4) is 0 Å². The molecule has 0 atom stereocenters. The van der Waals surface area contributed by atoms with Crippen molar-refractivity contribution in [3.05, 3.63) is 0 Å². The van der Waals surface area contributed by atoms with Crippen LogP contribution in [0.15, 0.2) is 0 Å². The molecule has 1 N–H and O–H groups in total. The summed E-state index contributed by atoms with van der Waals surface area (Å²) in [7, 11) is 0. The van der Waals surface area contributed by atoms with E-state index in [4.69, 9.17) is 9.90 Å². The van der Waals surface area contributed by atoms with Crippen molar-refractivity contribution in [2.45, 2.75) is 0 Å². The third kappa shape index (κ3) is 116. The van der Waals surface area contributed by atoms with E-state index in [0.717, 1.165) is 0 Å². The van der Waals surface area contributed by atoms with Gasteiger partial charge in [0.15, 0.2) is 0 Å². The van der Waals surface area contributed by atoms with Crippen molar-refractivity contribution in [1.82, 2.24) is 0 Å². The average molecular weight is 141 g/mol. The molecule has 0 fully saturated rings. The molecule has 2 nitrogen and oxygen atoms in total. The Bertz CT molecular complexity index is 13.5. The fraction of sp³-hybridized carbons (Fsp3) is 0. The van der Waals surface area contributed by atoms with E-state index in [0.29, 0.717) is 6.47 Å². The first-order chi connectivity index (χ1) is 1.41. The second-order valence-electron chi connectivity index (χ2n) is 0.0913. The van der Waals surface area contributed by atoms with Crippen LogP contribution in [0.5, 0.6) is 0 Å².